The number of amides is 2. The fraction of sp³-hybridized carbons (Fsp3) is 0.500. The minimum absolute atomic E-state index is 0.0250. The lowest BCUT2D eigenvalue weighted by Gasteiger charge is -2.39. The molecule has 34 heavy (non-hydrogen) atoms. The molecular weight excluding hydrogens is 426 g/mol. The van der Waals surface area contributed by atoms with E-state index in [0.717, 1.165) is 41.7 Å². The maximum atomic E-state index is 13.6. The van der Waals surface area contributed by atoms with Gasteiger partial charge in [-0.15, -0.1) is 0 Å². The van der Waals surface area contributed by atoms with Crippen molar-refractivity contribution in [3.63, 3.8) is 0 Å². The molecule has 2 aliphatic heterocycles. The maximum absolute atomic E-state index is 13.6. The van der Waals surface area contributed by atoms with Gasteiger partial charge >= 0.3 is 0 Å². The van der Waals surface area contributed by atoms with Crippen LogP contribution in [0, 0.1) is 11.8 Å². The summed E-state index contributed by atoms with van der Waals surface area (Å²) < 4.78 is 5.30. The first-order valence-corrected chi connectivity index (χ1v) is 12.5. The Kier molecular flexibility index (Phi) is 7.57. The Morgan fingerprint density at radius 3 is 2.44 bits per heavy atom. The first kappa shape index (κ1) is 24.3. The third-order valence-corrected chi connectivity index (χ3v) is 7.40. The van der Waals surface area contributed by atoms with Crippen molar-refractivity contribution in [3.05, 3.63) is 65.2 Å². The van der Waals surface area contributed by atoms with E-state index in [2.05, 4.69) is 19.2 Å². The van der Waals surface area contributed by atoms with Crippen molar-refractivity contribution in [1.82, 2.24) is 10.2 Å². The topological polar surface area (TPSA) is 63.1 Å². The van der Waals surface area contributed by atoms with Gasteiger partial charge in [-0.05, 0) is 35.7 Å². The lowest BCUT2D eigenvalue weighted by molar-refractivity contribution is -0.912. The molecule has 0 bridgehead atoms. The molecule has 0 radical (unpaired) electrons. The number of piperidine rings is 1. The van der Waals surface area contributed by atoms with Gasteiger partial charge in [0.2, 0.25) is 5.91 Å². The molecule has 0 spiro atoms. The zero-order valence-electron chi connectivity index (χ0n) is 20.8. The second-order valence-electron chi connectivity index (χ2n) is 10.2. The van der Waals surface area contributed by atoms with Crippen LogP contribution in [0.5, 0.6) is 5.75 Å². The highest BCUT2D eigenvalue weighted by atomic mass is 16.5. The quantitative estimate of drug-likeness (QED) is 0.620. The highest BCUT2D eigenvalue weighted by molar-refractivity contribution is 6.01. The number of hydrogen-bond donors (Lipinski definition) is 2. The highest BCUT2D eigenvalue weighted by Gasteiger charge is 2.42. The fourth-order valence-corrected chi connectivity index (χ4v) is 5.96. The Morgan fingerprint density at radius 2 is 1.76 bits per heavy atom. The number of likely N-dealkylation sites (tertiary alicyclic amines) is 1. The van der Waals surface area contributed by atoms with Crippen molar-refractivity contribution < 1.29 is 19.2 Å². The van der Waals surface area contributed by atoms with Crippen LogP contribution in [0.2, 0.25) is 0 Å². The molecule has 1 saturated heterocycles. The summed E-state index contributed by atoms with van der Waals surface area (Å²) in [4.78, 5) is 30.1. The number of methoxy groups -OCH3 is 1. The molecule has 6 nitrogen and oxygen atoms in total. The molecule has 4 unspecified atom stereocenters. The van der Waals surface area contributed by atoms with E-state index in [1.54, 1.807) is 24.0 Å². The molecule has 0 aromatic heterocycles. The number of quaternary nitrogens is 1. The number of fused-ring (bicyclic) bond motifs is 1. The summed E-state index contributed by atoms with van der Waals surface area (Å²) in [6, 6.07) is 14.8. The summed E-state index contributed by atoms with van der Waals surface area (Å²) in [5, 5.41) is 3.20. The average molecular weight is 465 g/mol. The Labute approximate surface area is 203 Å². The van der Waals surface area contributed by atoms with E-state index >= 15 is 0 Å². The molecule has 4 atom stereocenters. The molecular formula is C28H38N3O3+. The van der Waals surface area contributed by atoms with Crippen LogP contribution < -0.4 is 15.0 Å². The first-order chi connectivity index (χ1) is 16.4. The van der Waals surface area contributed by atoms with Gasteiger partial charge in [-0.3, -0.25) is 9.59 Å². The average Bonchev–Trinajstić information content (AvgIpc) is 2.83. The smallest absolute Gasteiger partial charge is 0.254 e. The van der Waals surface area contributed by atoms with E-state index in [0.29, 0.717) is 12.1 Å². The second kappa shape index (κ2) is 10.6. The monoisotopic (exact) mass is 464 g/mol. The molecule has 2 N–H and O–H groups in total. The summed E-state index contributed by atoms with van der Waals surface area (Å²) in [6.45, 7) is 8.86. The van der Waals surface area contributed by atoms with Crippen molar-refractivity contribution >= 4 is 11.8 Å². The molecule has 4 rings (SSSR count). The van der Waals surface area contributed by atoms with Crippen molar-refractivity contribution in [2.24, 2.45) is 11.8 Å². The van der Waals surface area contributed by atoms with E-state index in [4.69, 9.17) is 4.74 Å². The predicted molar refractivity (Wildman–Crippen MR) is 133 cm³/mol. The maximum Gasteiger partial charge on any atom is 0.254 e. The molecule has 0 saturated carbocycles. The molecule has 0 aliphatic carbocycles. The first-order valence-electron chi connectivity index (χ1n) is 12.5. The minimum Gasteiger partial charge on any atom is -0.497 e. The van der Waals surface area contributed by atoms with Gasteiger partial charge < -0.3 is 19.9 Å². The standard InChI is InChI=1S/C28H37N3O3/c1-19-16-20(2)18-31(17-19)15-7-14-29-27(32)25-23-8-5-6-9-24(23)28(33)30(3)26(25)21-10-12-22(34-4)13-11-21/h5-6,8-13,19-20,25-26H,7,14-18H2,1-4H3,(H,29,32)/p+1. The largest absolute Gasteiger partial charge is 0.497 e. The van der Waals surface area contributed by atoms with Gasteiger partial charge in [-0.2, -0.15) is 0 Å². The lowest BCUT2D eigenvalue weighted by atomic mass is 9.79. The number of ether oxygens (including phenoxy) is 1. The lowest BCUT2D eigenvalue weighted by Crippen LogP contribution is -3.14. The zero-order chi connectivity index (χ0) is 24.2. The van der Waals surface area contributed by atoms with E-state index in [1.165, 1.54) is 19.5 Å². The Morgan fingerprint density at radius 1 is 1.09 bits per heavy atom. The Bertz CT molecular complexity index is 996. The van der Waals surface area contributed by atoms with Gasteiger partial charge in [0.05, 0.1) is 38.7 Å². The third kappa shape index (κ3) is 5.12. The van der Waals surface area contributed by atoms with Gasteiger partial charge in [0.25, 0.3) is 5.91 Å². The van der Waals surface area contributed by atoms with Crippen LogP contribution in [0.3, 0.4) is 0 Å². The SMILES string of the molecule is COc1ccc(C2C(C(=O)NCCC[NH+]3CC(C)CC(C)C3)c3ccccc3C(=O)N2C)cc1. The van der Waals surface area contributed by atoms with E-state index in [-0.39, 0.29) is 17.9 Å². The number of nitrogens with zero attached hydrogens (tertiary/aromatic N) is 1. The number of rotatable bonds is 7. The molecule has 2 amide bonds. The number of carbonyl (C=O) groups is 2. The molecule has 2 aromatic carbocycles. The number of likely N-dealkylation sites (N-methyl/N-ethyl adjacent to an activating group) is 1. The van der Waals surface area contributed by atoms with Crippen molar-refractivity contribution in [2.45, 2.75) is 38.6 Å². The predicted octanol–water partition coefficient (Wildman–Crippen LogP) is 2.67. The molecule has 1 fully saturated rings. The van der Waals surface area contributed by atoms with Gasteiger partial charge in [0.15, 0.2) is 0 Å². The molecule has 2 aromatic rings. The minimum atomic E-state index is -0.463. The number of nitrogens with one attached hydrogen (secondary N) is 2. The fourth-order valence-electron chi connectivity index (χ4n) is 5.96. The van der Waals surface area contributed by atoms with Crippen molar-refractivity contribution in [2.75, 3.05) is 40.3 Å². The summed E-state index contributed by atoms with van der Waals surface area (Å²) in [6.07, 6.45) is 2.27. The summed E-state index contributed by atoms with van der Waals surface area (Å²) in [5.74, 6) is 1.74. The van der Waals surface area contributed by atoms with Gasteiger partial charge in [-0.1, -0.05) is 44.2 Å². The highest BCUT2D eigenvalue weighted by Crippen LogP contribution is 2.42. The third-order valence-electron chi connectivity index (χ3n) is 7.40. The van der Waals surface area contributed by atoms with Gasteiger partial charge in [-0.25, -0.2) is 0 Å². The number of carbonyl (C=O) groups excluding carboxylic acids is 2. The van der Waals surface area contributed by atoms with Crippen LogP contribution in [-0.4, -0.2) is 57.1 Å². The summed E-state index contributed by atoms with van der Waals surface area (Å²) in [5.41, 5.74) is 2.33. The van der Waals surface area contributed by atoms with Gasteiger partial charge in [0.1, 0.15) is 5.75 Å². The number of benzene rings is 2. The van der Waals surface area contributed by atoms with Crippen molar-refractivity contribution in [3.8, 4) is 5.75 Å². The molecule has 182 valence electrons. The van der Waals surface area contributed by atoms with Crippen molar-refractivity contribution in [1.29, 1.82) is 0 Å². The van der Waals surface area contributed by atoms with Crippen LogP contribution in [0.4, 0.5) is 0 Å². The molecule has 2 aliphatic rings. The summed E-state index contributed by atoms with van der Waals surface area (Å²) in [7, 11) is 3.42. The molecule has 2 heterocycles. The Hall–Kier alpha value is -2.86. The zero-order valence-corrected chi connectivity index (χ0v) is 20.8. The van der Waals surface area contributed by atoms with Crippen LogP contribution in [0.15, 0.2) is 48.5 Å². The van der Waals surface area contributed by atoms with E-state index < -0.39 is 5.92 Å². The van der Waals surface area contributed by atoms with Crippen LogP contribution in [0.25, 0.3) is 0 Å². The number of hydrogen-bond acceptors (Lipinski definition) is 3. The Balaban J connectivity index is 1.50. The summed E-state index contributed by atoms with van der Waals surface area (Å²) >= 11 is 0. The van der Waals surface area contributed by atoms with Gasteiger partial charge in [0, 0.05) is 37.4 Å². The van der Waals surface area contributed by atoms with E-state index in [9.17, 15) is 9.59 Å². The van der Waals surface area contributed by atoms with E-state index in [1.807, 2.05) is 48.5 Å². The van der Waals surface area contributed by atoms with Crippen LogP contribution in [-0.2, 0) is 4.79 Å². The normalized spacial score (nSPS) is 26.6. The second-order valence-corrected chi connectivity index (χ2v) is 10.2. The van der Waals surface area contributed by atoms with Crippen LogP contribution in [0.1, 0.15) is 60.1 Å². The van der Waals surface area contributed by atoms with Crippen LogP contribution >= 0.6 is 0 Å². The molecule has 6 heteroatoms.